The number of aliphatic hydroxyl groups is 2. The van der Waals surface area contributed by atoms with E-state index in [1.807, 2.05) is 6.08 Å². The van der Waals surface area contributed by atoms with E-state index in [2.05, 4.69) is 49.7 Å². The molecule has 0 amide bonds. The van der Waals surface area contributed by atoms with Crippen molar-refractivity contribution in [3.05, 3.63) is 23.8 Å². The molecule has 2 aliphatic rings. The second kappa shape index (κ2) is 18.6. The summed E-state index contributed by atoms with van der Waals surface area (Å²) < 4.78 is 12.9. The Bertz CT molecular complexity index is 816. The SMILES string of the molecule is CCC[CH2][Sn]([C]#CC[C@@H](C)[C@H](O)/C=C/[C@@H]1[C@H]2C/C(=C/CCCC(=O)OC)C[C@H]2C[C@H]1O)([CH2]CCC)[CH2]CCC. The average molecular weight is 650 g/mol. The molecule has 0 bridgehead atoms. The van der Waals surface area contributed by atoms with Gasteiger partial charge in [0.25, 0.3) is 0 Å². The Kier molecular flexibility index (Phi) is 16.4. The zero-order valence-corrected chi connectivity index (χ0v) is 28.6. The standard InChI is InChI=1S/C22H31O4.3C4H9.Sn/c1-4-7-15(2)20(23)11-10-18-19-13-16(12-17(19)14-21(18)24)8-5-6-9-22(25)26-3;3*1-3-4-2;/h8,10-11,15,17-21,23-24H,5-7,9,12-14H2,2-3H3;3*1,3-4H2,2H3;/b11-10+,16-8+;;;;/t15-,17+,18-,19+,20-,21-;;;;/m1..../s1. The number of fused-ring (bicyclic) bond motifs is 1. The maximum atomic E-state index is 11.3. The van der Waals surface area contributed by atoms with Crippen LogP contribution in [0.2, 0.25) is 13.3 Å². The fourth-order valence-corrected chi connectivity index (χ4v) is 20.0. The number of ether oxygens (including phenoxy) is 1. The van der Waals surface area contributed by atoms with E-state index in [0.717, 1.165) is 38.5 Å². The van der Waals surface area contributed by atoms with E-state index in [0.29, 0.717) is 18.3 Å². The van der Waals surface area contributed by atoms with Crippen molar-refractivity contribution in [3.8, 4) is 9.86 Å². The van der Waals surface area contributed by atoms with E-state index in [1.54, 1.807) is 0 Å². The summed E-state index contributed by atoms with van der Waals surface area (Å²) in [6, 6.07) is 0. The summed E-state index contributed by atoms with van der Waals surface area (Å²) in [5, 5.41) is 21.7. The van der Waals surface area contributed by atoms with Gasteiger partial charge in [0.05, 0.1) is 7.11 Å². The predicted molar refractivity (Wildman–Crippen MR) is 166 cm³/mol. The van der Waals surface area contributed by atoms with Gasteiger partial charge in [-0.2, -0.15) is 0 Å². The van der Waals surface area contributed by atoms with Crippen LogP contribution in [0.4, 0.5) is 0 Å². The molecule has 6 atom stereocenters. The zero-order valence-electron chi connectivity index (χ0n) is 25.7. The summed E-state index contributed by atoms with van der Waals surface area (Å²) in [6.07, 6.45) is 19.2. The first-order valence-electron chi connectivity index (χ1n) is 16.1. The van der Waals surface area contributed by atoms with E-state index in [4.69, 9.17) is 4.74 Å². The van der Waals surface area contributed by atoms with Crippen LogP contribution in [0.3, 0.4) is 0 Å². The number of methoxy groups -OCH3 is 1. The molecule has 222 valence electrons. The molecular formula is C34H58O4Sn. The van der Waals surface area contributed by atoms with Crippen molar-refractivity contribution in [3.63, 3.8) is 0 Å². The molecule has 0 radical (unpaired) electrons. The number of esters is 1. The van der Waals surface area contributed by atoms with Gasteiger partial charge in [-0.25, -0.2) is 0 Å². The molecule has 0 aromatic rings. The Morgan fingerprint density at radius 2 is 1.72 bits per heavy atom. The fraction of sp³-hybridized carbons (Fsp3) is 0.794. The van der Waals surface area contributed by atoms with Gasteiger partial charge in [0.2, 0.25) is 0 Å². The van der Waals surface area contributed by atoms with Crippen molar-refractivity contribution in [1.29, 1.82) is 0 Å². The van der Waals surface area contributed by atoms with Crippen LogP contribution in [0.5, 0.6) is 0 Å². The number of rotatable bonds is 17. The van der Waals surface area contributed by atoms with E-state index >= 15 is 0 Å². The third-order valence-corrected chi connectivity index (χ3v) is 22.5. The topological polar surface area (TPSA) is 66.8 Å². The van der Waals surface area contributed by atoms with Crippen LogP contribution < -0.4 is 0 Å². The molecule has 0 aliphatic heterocycles. The van der Waals surface area contributed by atoms with Crippen LogP contribution in [0, 0.1) is 33.5 Å². The van der Waals surface area contributed by atoms with Gasteiger partial charge in [-0.1, -0.05) is 0 Å². The molecule has 2 N–H and O–H groups in total. The summed E-state index contributed by atoms with van der Waals surface area (Å²) in [6.45, 7) is 9.01. The Morgan fingerprint density at radius 1 is 1.08 bits per heavy atom. The molecule has 0 saturated heterocycles. The summed E-state index contributed by atoms with van der Waals surface area (Å²) in [5.41, 5.74) is 1.47. The van der Waals surface area contributed by atoms with Crippen molar-refractivity contribution < 1.29 is 19.7 Å². The normalized spacial score (nSPS) is 25.5. The summed E-state index contributed by atoms with van der Waals surface area (Å²) in [7, 11) is 1.44. The Hall–Kier alpha value is -0.771. The first kappa shape index (κ1) is 34.4. The molecule has 4 nitrogen and oxygen atoms in total. The molecule has 2 aliphatic carbocycles. The Balaban J connectivity index is 1.95. The first-order valence-corrected chi connectivity index (χ1v) is 23.6. The number of carbonyl (C=O) groups is 1. The van der Waals surface area contributed by atoms with Crippen LogP contribution >= 0.6 is 0 Å². The summed E-state index contributed by atoms with van der Waals surface area (Å²) >= 11 is -2.45. The number of hydrogen-bond donors (Lipinski definition) is 2. The zero-order chi connectivity index (χ0) is 28.7. The summed E-state index contributed by atoms with van der Waals surface area (Å²) in [4.78, 5) is 11.3. The van der Waals surface area contributed by atoms with Crippen LogP contribution in [0.25, 0.3) is 0 Å². The monoisotopic (exact) mass is 650 g/mol. The van der Waals surface area contributed by atoms with Crippen LogP contribution in [-0.2, 0) is 9.53 Å². The van der Waals surface area contributed by atoms with E-state index < -0.39 is 24.5 Å². The fourth-order valence-electron chi connectivity index (χ4n) is 6.65. The molecule has 0 heterocycles. The van der Waals surface area contributed by atoms with E-state index in [1.165, 1.54) is 64.5 Å². The number of hydrogen-bond acceptors (Lipinski definition) is 4. The van der Waals surface area contributed by atoms with Crippen molar-refractivity contribution in [2.45, 2.75) is 137 Å². The Morgan fingerprint density at radius 3 is 2.31 bits per heavy atom. The van der Waals surface area contributed by atoms with E-state index in [-0.39, 0.29) is 23.9 Å². The quantitative estimate of drug-likeness (QED) is 0.0551. The molecular weight excluding hydrogens is 591 g/mol. The van der Waals surface area contributed by atoms with Gasteiger partial charge < -0.3 is 4.74 Å². The first-order chi connectivity index (χ1) is 18.8. The molecule has 39 heavy (non-hydrogen) atoms. The summed E-state index contributed by atoms with van der Waals surface area (Å²) in [5.74, 6) is 4.67. The van der Waals surface area contributed by atoms with Gasteiger partial charge in [-0.05, 0) is 12.8 Å². The molecule has 0 spiro atoms. The third kappa shape index (κ3) is 11.6. The van der Waals surface area contributed by atoms with Gasteiger partial charge in [0, 0.05) is 6.42 Å². The number of aliphatic hydroxyl groups excluding tert-OH is 2. The molecule has 0 aromatic heterocycles. The second-order valence-corrected chi connectivity index (χ2v) is 24.8. The van der Waals surface area contributed by atoms with Gasteiger partial charge in [-0.3, -0.25) is 4.79 Å². The predicted octanol–water partition coefficient (Wildman–Crippen LogP) is 8.00. The molecule has 0 aromatic carbocycles. The minimum atomic E-state index is -2.45. The third-order valence-electron chi connectivity index (χ3n) is 9.27. The van der Waals surface area contributed by atoms with Gasteiger partial charge in [-0.15, -0.1) is 0 Å². The van der Waals surface area contributed by atoms with Crippen LogP contribution in [0.1, 0.15) is 111 Å². The van der Waals surface area contributed by atoms with E-state index in [9.17, 15) is 15.0 Å². The molecule has 2 saturated carbocycles. The van der Waals surface area contributed by atoms with Crippen molar-refractivity contribution in [2.75, 3.05) is 7.11 Å². The van der Waals surface area contributed by atoms with Crippen LogP contribution in [0.15, 0.2) is 23.8 Å². The number of allylic oxidation sites excluding steroid dienone is 2. The van der Waals surface area contributed by atoms with Gasteiger partial charge in [0.1, 0.15) is 0 Å². The van der Waals surface area contributed by atoms with Gasteiger partial charge >= 0.3 is 209 Å². The van der Waals surface area contributed by atoms with Crippen molar-refractivity contribution in [1.82, 2.24) is 0 Å². The van der Waals surface area contributed by atoms with Crippen molar-refractivity contribution >= 4 is 24.3 Å². The minimum absolute atomic E-state index is 0.101. The molecule has 0 unspecified atom stereocenters. The maximum absolute atomic E-state index is 11.3. The van der Waals surface area contributed by atoms with Crippen LogP contribution in [-0.4, -0.2) is 53.9 Å². The average Bonchev–Trinajstić information content (AvgIpc) is 3.45. The number of unbranched alkanes of at least 4 members (excludes halogenated alkanes) is 4. The second-order valence-electron chi connectivity index (χ2n) is 12.5. The number of carbonyl (C=O) groups excluding carboxylic acids is 1. The van der Waals surface area contributed by atoms with Gasteiger partial charge in [0.15, 0.2) is 0 Å². The molecule has 5 heteroatoms. The Labute approximate surface area is 244 Å². The molecule has 2 fully saturated rings. The molecule has 2 rings (SSSR count). The van der Waals surface area contributed by atoms with Crippen molar-refractivity contribution in [2.24, 2.45) is 23.7 Å².